The number of aryl methyl sites for hydroxylation is 2. The second-order valence-corrected chi connectivity index (χ2v) is 7.38. The van der Waals surface area contributed by atoms with Crippen molar-refractivity contribution in [3.63, 3.8) is 0 Å². The lowest BCUT2D eigenvalue weighted by molar-refractivity contribution is 0.390. The number of benzene rings is 1. The van der Waals surface area contributed by atoms with Crippen molar-refractivity contribution in [1.29, 1.82) is 0 Å². The van der Waals surface area contributed by atoms with Crippen LogP contribution < -0.4 is 10.0 Å². The molecule has 9 heteroatoms. The fraction of sp³-hybridized carbons (Fsp3) is 0.125. The van der Waals surface area contributed by atoms with Crippen LogP contribution >= 0.6 is 11.6 Å². The van der Waals surface area contributed by atoms with Crippen LogP contribution in [0.25, 0.3) is 0 Å². The van der Waals surface area contributed by atoms with Gasteiger partial charge in [0.15, 0.2) is 10.7 Å². The summed E-state index contributed by atoms with van der Waals surface area (Å²) in [6.07, 6.45) is 1.42. The maximum atomic E-state index is 12.4. The van der Waals surface area contributed by atoms with Gasteiger partial charge >= 0.3 is 0 Å². The summed E-state index contributed by atoms with van der Waals surface area (Å²) in [5, 5.41) is 7.35. The van der Waals surface area contributed by atoms with Crippen LogP contribution in [-0.4, -0.2) is 18.6 Å². The first-order valence-electron chi connectivity index (χ1n) is 7.29. The van der Waals surface area contributed by atoms with Gasteiger partial charge in [-0.1, -0.05) is 22.8 Å². The maximum absolute atomic E-state index is 12.4. The standard InChI is InChI=1S/C16H15ClN4O3S/c1-10-16(11(2)24-20-10)25(22,23)21-14-6-7-15(18-9-14)19-13-5-3-4-12(17)8-13/h3-9,21H,1-2H3,(H,18,19). The molecule has 0 fully saturated rings. The normalized spacial score (nSPS) is 11.3. The second-order valence-electron chi connectivity index (χ2n) is 5.33. The Bertz CT molecular complexity index is 981. The molecule has 0 aliphatic rings. The van der Waals surface area contributed by atoms with Gasteiger partial charge in [-0.15, -0.1) is 0 Å². The van der Waals surface area contributed by atoms with E-state index in [4.69, 9.17) is 16.1 Å². The van der Waals surface area contributed by atoms with E-state index in [0.717, 1.165) is 5.69 Å². The molecule has 0 saturated carbocycles. The topological polar surface area (TPSA) is 97.1 Å². The highest BCUT2D eigenvalue weighted by atomic mass is 35.5. The van der Waals surface area contributed by atoms with E-state index < -0.39 is 10.0 Å². The van der Waals surface area contributed by atoms with Crippen LogP contribution in [0.4, 0.5) is 17.2 Å². The predicted molar refractivity (Wildman–Crippen MR) is 95.8 cm³/mol. The number of anilines is 3. The van der Waals surface area contributed by atoms with Crippen molar-refractivity contribution in [3.05, 3.63) is 59.1 Å². The van der Waals surface area contributed by atoms with Crippen molar-refractivity contribution in [2.24, 2.45) is 0 Å². The average Bonchev–Trinajstić information content (AvgIpc) is 2.89. The van der Waals surface area contributed by atoms with Crippen molar-refractivity contribution >= 4 is 38.8 Å². The van der Waals surface area contributed by atoms with Crippen LogP contribution in [0.15, 0.2) is 52.0 Å². The number of pyridine rings is 1. The Morgan fingerprint density at radius 2 is 1.92 bits per heavy atom. The second kappa shape index (κ2) is 6.73. The average molecular weight is 379 g/mol. The Morgan fingerprint density at radius 1 is 1.12 bits per heavy atom. The van der Waals surface area contributed by atoms with E-state index in [9.17, 15) is 8.42 Å². The molecule has 0 atom stereocenters. The van der Waals surface area contributed by atoms with Gasteiger partial charge in [-0.3, -0.25) is 4.72 Å². The monoisotopic (exact) mass is 378 g/mol. The molecule has 130 valence electrons. The van der Waals surface area contributed by atoms with Gasteiger partial charge in [-0.25, -0.2) is 13.4 Å². The molecule has 0 spiro atoms. The lowest BCUT2D eigenvalue weighted by Crippen LogP contribution is -2.14. The van der Waals surface area contributed by atoms with E-state index in [0.29, 0.717) is 22.2 Å². The summed E-state index contributed by atoms with van der Waals surface area (Å²) in [6, 6.07) is 10.5. The van der Waals surface area contributed by atoms with E-state index in [1.54, 1.807) is 38.1 Å². The number of hydrogen-bond acceptors (Lipinski definition) is 6. The molecule has 2 N–H and O–H groups in total. The van der Waals surface area contributed by atoms with E-state index in [1.165, 1.54) is 6.20 Å². The number of rotatable bonds is 5. The Labute approximate surface area is 150 Å². The van der Waals surface area contributed by atoms with Gasteiger partial charge in [0, 0.05) is 10.7 Å². The molecular formula is C16H15ClN4O3S. The minimum Gasteiger partial charge on any atom is -0.360 e. The third-order valence-corrected chi connectivity index (χ3v) is 5.21. The summed E-state index contributed by atoms with van der Waals surface area (Å²) >= 11 is 5.93. The van der Waals surface area contributed by atoms with Gasteiger partial charge in [-0.05, 0) is 44.2 Å². The van der Waals surface area contributed by atoms with Gasteiger partial charge in [0.05, 0.1) is 11.9 Å². The molecule has 3 rings (SSSR count). The predicted octanol–water partition coefficient (Wildman–Crippen LogP) is 3.88. The van der Waals surface area contributed by atoms with Gasteiger partial charge in [0.25, 0.3) is 10.0 Å². The molecule has 0 radical (unpaired) electrons. The maximum Gasteiger partial charge on any atom is 0.267 e. The highest BCUT2D eigenvalue weighted by Gasteiger charge is 2.24. The minimum absolute atomic E-state index is 0.0358. The molecule has 2 aromatic heterocycles. The lowest BCUT2D eigenvalue weighted by atomic mass is 10.3. The largest absolute Gasteiger partial charge is 0.360 e. The summed E-state index contributed by atoms with van der Waals surface area (Å²) in [4.78, 5) is 4.23. The lowest BCUT2D eigenvalue weighted by Gasteiger charge is -2.09. The zero-order chi connectivity index (χ0) is 18.0. The highest BCUT2D eigenvalue weighted by Crippen LogP contribution is 2.23. The van der Waals surface area contributed by atoms with Crippen LogP contribution in [0, 0.1) is 13.8 Å². The van der Waals surface area contributed by atoms with Crippen LogP contribution in [0.1, 0.15) is 11.5 Å². The van der Waals surface area contributed by atoms with Crippen LogP contribution in [0.3, 0.4) is 0 Å². The van der Waals surface area contributed by atoms with Crippen molar-refractivity contribution in [1.82, 2.24) is 10.1 Å². The summed E-state index contributed by atoms with van der Waals surface area (Å²) in [5.41, 5.74) is 1.41. The molecule has 0 amide bonds. The van der Waals surface area contributed by atoms with E-state index in [1.807, 2.05) is 12.1 Å². The molecule has 25 heavy (non-hydrogen) atoms. The Kier molecular flexibility index (Phi) is 4.65. The molecule has 7 nitrogen and oxygen atoms in total. The zero-order valence-corrected chi connectivity index (χ0v) is 15.0. The third-order valence-electron chi connectivity index (χ3n) is 3.35. The fourth-order valence-electron chi connectivity index (χ4n) is 2.31. The third kappa shape index (κ3) is 3.92. The first kappa shape index (κ1) is 17.2. The summed E-state index contributed by atoms with van der Waals surface area (Å²) in [6.45, 7) is 3.12. The molecule has 0 saturated heterocycles. The smallest absolute Gasteiger partial charge is 0.267 e. The van der Waals surface area contributed by atoms with Crippen molar-refractivity contribution in [3.8, 4) is 0 Å². The van der Waals surface area contributed by atoms with Crippen molar-refractivity contribution < 1.29 is 12.9 Å². The Morgan fingerprint density at radius 3 is 2.52 bits per heavy atom. The zero-order valence-electron chi connectivity index (χ0n) is 13.4. The first-order valence-corrected chi connectivity index (χ1v) is 9.15. The van der Waals surface area contributed by atoms with Gasteiger partial charge in [0.1, 0.15) is 11.5 Å². The molecule has 3 aromatic rings. The van der Waals surface area contributed by atoms with Gasteiger partial charge < -0.3 is 9.84 Å². The van der Waals surface area contributed by atoms with Crippen molar-refractivity contribution in [2.45, 2.75) is 18.7 Å². The molecule has 0 aliphatic carbocycles. The quantitative estimate of drug-likeness (QED) is 0.699. The number of halogens is 1. The minimum atomic E-state index is -3.79. The Balaban J connectivity index is 1.77. The molecular weight excluding hydrogens is 364 g/mol. The van der Waals surface area contributed by atoms with Gasteiger partial charge in [-0.2, -0.15) is 0 Å². The SMILES string of the molecule is Cc1noc(C)c1S(=O)(=O)Nc1ccc(Nc2cccc(Cl)c2)nc1. The van der Waals surface area contributed by atoms with E-state index >= 15 is 0 Å². The Hall–Kier alpha value is -2.58. The number of nitrogens with one attached hydrogen (secondary N) is 2. The van der Waals surface area contributed by atoms with Gasteiger partial charge in [0.2, 0.25) is 0 Å². The summed E-state index contributed by atoms with van der Waals surface area (Å²) in [5.74, 6) is 0.791. The van der Waals surface area contributed by atoms with E-state index in [2.05, 4.69) is 20.2 Å². The number of hydrogen-bond donors (Lipinski definition) is 2. The molecule has 0 unspecified atom stereocenters. The highest BCUT2D eigenvalue weighted by molar-refractivity contribution is 7.92. The van der Waals surface area contributed by atoms with E-state index in [-0.39, 0.29) is 10.7 Å². The molecule has 2 heterocycles. The van der Waals surface area contributed by atoms with Crippen molar-refractivity contribution in [2.75, 3.05) is 10.0 Å². The first-order chi connectivity index (χ1) is 11.8. The molecule has 1 aromatic carbocycles. The van der Waals surface area contributed by atoms with Crippen LogP contribution in [0.5, 0.6) is 0 Å². The molecule has 0 aliphatic heterocycles. The summed E-state index contributed by atoms with van der Waals surface area (Å²) in [7, 11) is -3.79. The molecule has 0 bridgehead atoms. The summed E-state index contributed by atoms with van der Waals surface area (Å²) < 4.78 is 32.3. The number of aromatic nitrogens is 2. The van der Waals surface area contributed by atoms with Crippen LogP contribution in [-0.2, 0) is 10.0 Å². The number of nitrogens with zero attached hydrogens (tertiary/aromatic N) is 2. The van der Waals surface area contributed by atoms with Crippen LogP contribution in [0.2, 0.25) is 5.02 Å². The fourth-order valence-corrected chi connectivity index (χ4v) is 3.87. The number of sulfonamides is 1.